The first kappa shape index (κ1) is 10.8. The Labute approximate surface area is 96.5 Å². The van der Waals surface area contributed by atoms with Gasteiger partial charge in [0.1, 0.15) is 17.5 Å². The first-order chi connectivity index (χ1) is 7.65. The van der Waals surface area contributed by atoms with Crippen LogP contribution in [-0.4, -0.2) is 15.0 Å². The molecule has 2 rings (SSSR count). The van der Waals surface area contributed by atoms with Gasteiger partial charge in [0.25, 0.3) is 0 Å². The summed E-state index contributed by atoms with van der Waals surface area (Å²) in [5, 5.41) is 2.92. The number of hydrogen-bond acceptors (Lipinski definition) is 4. The van der Waals surface area contributed by atoms with E-state index >= 15 is 0 Å². The molecule has 0 fully saturated rings. The van der Waals surface area contributed by atoms with Crippen LogP contribution in [0.2, 0.25) is 5.02 Å². The molecule has 16 heavy (non-hydrogen) atoms. The summed E-state index contributed by atoms with van der Waals surface area (Å²) in [5.74, 6) is 1.11. The highest BCUT2D eigenvalue weighted by atomic mass is 35.5. The van der Waals surface area contributed by atoms with Crippen LogP contribution in [0.3, 0.4) is 0 Å². The summed E-state index contributed by atoms with van der Waals surface area (Å²) in [6.45, 7) is 1.77. The highest BCUT2D eigenvalue weighted by molar-refractivity contribution is 6.30. The van der Waals surface area contributed by atoms with Crippen LogP contribution < -0.4 is 5.32 Å². The standard InChI is InChI=1S/C10H8ClFN4/c1-6-13-3-2-9(15-6)16-10-4-7(11)8(12)5-14-10/h2-5H,1H3,(H,13,14,15,16). The fourth-order valence-corrected chi connectivity index (χ4v) is 1.29. The number of aryl methyl sites for hydroxylation is 1. The van der Waals surface area contributed by atoms with Gasteiger partial charge in [-0.25, -0.2) is 19.3 Å². The molecular weight excluding hydrogens is 231 g/mol. The SMILES string of the molecule is Cc1nccc(Nc2cc(Cl)c(F)cn2)n1. The van der Waals surface area contributed by atoms with Gasteiger partial charge >= 0.3 is 0 Å². The van der Waals surface area contributed by atoms with Gasteiger partial charge in [0.2, 0.25) is 0 Å². The average molecular weight is 239 g/mol. The predicted molar refractivity (Wildman–Crippen MR) is 59.3 cm³/mol. The van der Waals surface area contributed by atoms with E-state index in [-0.39, 0.29) is 5.02 Å². The number of rotatable bonds is 2. The summed E-state index contributed by atoms with van der Waals surface area (Å²) >= 11 is 5.62. The van der Waals surface area contributed by atoms with E-state index in [2.05, 4.69) is 20.3 Å². The van der Waals surface area contributed by atoms with E-state index in [9.17, 15) is 4.39 Å². The number of anilines is 2. The molecule has 2 heterocycles. The Balaban J connectivity index is 2.24. The summed E-state index contributed by atoms with van der Waals surface area (Å²) in [6.07, 6.45) is 2.68. The van der Waals surface area contributed by atoms with E-state index in [4.69, 9.17) is 11.6 Å². The summed E-state index contributed by atoms with van der Waals surface area (Å²) in [6, 6.07) is 3.08. The third kappa shape index (κ3) is 2.43. The number of nitrogens with zero attached hydrogens (tertiary/aromatic N) is 3. The lowest BCUT2D eigenvalue weighted by atomic mass is 10.4. The highest BCUT2D eigenvalue weighted by Crippen LogP contribution is 2.18. The van der Waals surface area contributed by atoms with Gasteiger partial charge in [-0.2, -0.15) is 0 Å². The van der Waals surface area contributed by atoms with Gasteiger partial charge < -0.3 is 5.32 Å². The average Bonchev–Trinajstić information content (AvgIpc) is 2.24. The Kier molecular flexibility index (Phi) is 2.96. The molecule has 0 unspecified atom stereocenters. The molecule has 0 bridgehead atoms. The van der Waals surface area contributed by atoms with Crippen LogP contribution in [0.15, 0.2) is 24.5 Å². The highest BCUT2D eigenvalue weighted by Gasteiger charge is 2.03. The number of aromatic nitrogens is 3. The lowest BCUT2D eigenvalue weighted by Crippen LogP contribution is -1.98. The summed E-state index contributed by atoms with van der Waals surface area (Å²) in [4.78, 5) is 11.9. The third-order valence-electron chi connectivity index (χ3n) is 1.84. The van der Waals surface area contributed by atoms with Gasteiger partial charge in [-0.3, -0.25) is 0 Å². The number of hydrogen-bond donors (Lipinski definition) is 1. The summed E-state index contributed by atoms with van der Waals surface area (Å²) < 4.78 is 12.9. The fraction of sp³-hybridized carbons (Fsp3) is 0.100. The van der Waals surface area contributed by atoms with Crippen molar-refractivity contribution in [2.24, 2.45) is 0 Å². The van der Waals surface area contributed by atoms with Crippen LogP contribution in [0.25, 0.3) is 0 Å². The van der Waals surface area contributed by atoms with Crippen LogP contribution >= 0.6 is 11.6 Å². The minimum Gasteiger partial charge on any atom is -0.325 e. The molecule has 4 nitrogen and oxygen atoms in total. The molecule has 0 saturated carbocycles. The van der Waals surface area contributed by atoms with Crippen molar-refractivity contribution in [3.05, 3.63) is 41.2 Å². The minimum atomic E-state index is -0.550. The zero-order valence-corrected chi connectivity index (χ0v) is 9.16. The largest absolute Gasteiger partial charge is 0.325 e. The van der Waals surface area contributed by atoms with Gasteiger partial charge in [-0.1, -0.05) is 11.6 Å². The summed E-state index contributed by atoms with van der Waals surface area (Å²) in [5.41, 5.74) is 0. The molecular formula is C10H8ClFN4. The first-order valence-corrected chi connectivity index (χ1v) is 4.90. The monoisotopic (exact) mass is 238 g/mol. The molecule has 6 heteroatoms. The Morgan fingerprint density at radius 2 is 2.12 bits per heavy atom. The Morgan fingerprint density at radius 3 is 2.81 bits per heavy atom. The predicted octanol–water partition coefficient (Wildman–Crippen LogP) is 2.72. The summed E-state index contributed by atoms with van der Waals surface area (Å²) in [7, 11) is 0. The van der Waals surface area contributed by atoms with Gasteiger partial charge in [0.05, 0.1) is 11.2 Å². The maximum absolute atomic E-state index is 12.9. The van der Waals surface area contributed by atoms with Crippen molar-refractivity contribution < 1.29 is 4.39 Å². The van der Waals surface area contributed by atoms with Gasteiger partial charge in [-0.15, -0.1) is 0 Å². The zero-order valence-electron chi connectivity index (χ0n) is 8.41. The van der Waals surface area contributed by atoms with Crippen molar-refractivity contribution >= 4 is 23.2 Å². The fourth-order valence-electron chi connectivity index (χ4n) is 1.14. The molecule has 0 amide bonds. The quantitative estimate of drug-likeness (QED) is 0.874. The second-order valence-corrected chi connectivity index (χ2v) is 3.50. The van der Waals surface area contributed by atoms with E-state index in [0.29, 0.717) is 17.5 Å². The Bertz CT molecular complexity index is 518. The second-order valence-electron chi connectivity index (χ2n) is 3.10. The molecule has 2 aromatic heterocycles. The van der Waals surface area contributed by atoms with E-state index in [0.717, 1.165) is 6.20 Å². The lowest BCUT2D eigenvalue weighted by molar-refractivity contribution is 0.622. The van der Waals surface area contributed by atoms with Crippen LogP contribution in [0.5, 0.6) is 0 Å². The maximum Gasteiger partial charge on any atom is 0.160 e. The van der Waals surface area contributed by atoms with Gasteiger partial charge in [-0.05, 0) is 13.0 Å². The van der Waals surface area contributed by atoms with E-state index in [1.54, 1.807) is 19.2 Å². The van der Waals surface area contributed by atoms with Crippen LogP contribution in [0.4, 0.5) is 16.0 Å². The van der Waals surface area contributed by atoms with Crippen molar-refractivity contribution in [1.82, 2.24) is 15.0 Å². The van der Waals surface area contributed by atoms with Gasteiger partial charge in [0, 0.05) is 12.3 Å². The van der Waals surface area contributed by atoms with E-state index in [1.165, 1.54) is 6.07 Å². The molecule has 0 aliphatic rings. The molecule has 0 aliphatic carbocycles. The third-order valence-corrected chi connectivity index (χ3v) is 2.13. The van der Waals surface area contributed by atoms with Crippen LogP contribution in [0, 0.1) is 12.7 Å². The number of halogens is 2. The maximum atomic E-state index is 12.9. The van der Waals surface area contributed by atoms with Crippen molar-refractivity contribution in [3.63, 3.8) is 0 Å². The molecule has 0 atom stereocenters. The number of pyridine rings is 1. The van der Waals surface area contributed by atoms with Crippen LogP contribution in [0.1, 0.15) is 5.82 Å². The molecule has 0 radical (unpaired) electrons. The van der Waals surface area contributed by atoms with Crippen molar-refractivity contribution in [2.45, 2.75) is 6.92 Å². The smallest absolute Gasteiger partial charge is 0.160 e. The molecule has 0 spiro atoms. The minimum absolute atomic E-state index is 0.0169. The second kappa shape index (κ2) is 4.40. The van der Waals surface area contributed by atoms with Crippen molar-refractivity contribution in [1.29, 1.82) is 0 Å². The Hall–Kier alpha value is -1.75. The molecule has 0 aromatic carbocycles. The van der Waals surface area contributed by atoms with Gasteiger partial charge in [0.15, 0.2) is 5.82 Å². The molecule has 2 aromatic rings. The zero-order chi connectivity index (χ0) is 11.5. The Morgan fingerprint density at radius 1 is 1.31 bits per heavy atom. The number of nitrogens with one attached hydrogen (secondary N) is 1. The van der Waals surface area contributed by atoms with Crippen LogP contribution in [-0.2, 0) is 0 Å². The topological polar surface area (TPSA) is 50.7 Å². The normalized spacial score (nSPS) is 10.2. The molecule has 82 valence electrons. The van der Waals surface area contributed by atoms with E-state index < -0.39 is 5.82 Å². The van der Waals surface area contributed by atoms with Crippen molar-refractivity contribution in [3.8, 4) is 0 Å². The van der Waals surface area contributed by atoms with Crippen molar-refractivity contribution in [2.75, 3.05) is 5.32 Å². The lowest BCUT2D eigenvalue weighted by Gasteiger charge is -2.05. The molecule has 1 N–H and O–H groups in total. The first-order valence-electron chi connectivity index (χ1n) is 4.53. The molecule has 0 saturated heterocycles. The van der Waals surface area contributed by atoms with E-state index in [1.807, 2.05) is 0 Å². The molecule has 0 aliphatic heterocycles.